The van der Waals surface area contributed by atoms with Crippen molar-refractivity contribution in [3.8, 4) is 29.0 Å². The summed E-state index contributed by atoms with van der Waals surface area (Å²) in [5.74, 6) is 2.73. The van der Waals surface area contributed by atoms with Gasteiger partial charge in [-0.2, -0.15) is 9.50 Å². The number of aromatic hydroxyl groups is 1. The molecule has 1 aliphatic rings. The van der Waals surface area contributed by atoms with Gasteiger partial charge in [-0.1, -0.05) is 23.5 Å². The van der Waals surface area contributed by atoms with Crippen LogP contribution in [0.15, 0.2) is 71.3 Å². The molecule has 9 nitrogen and oxygen atoms in total. The van der Waals surface area contributed by atoms with Crippen LogP contribution < -0.4 is 14.4 Å². The van der Waals surface area contributed by atoms with Crippen LogP contribution in [0.1, 0.15) is 16.5 Å². The molecule has 3 aromatic heterocycles. The minimum atomic E-state index is -0.173. The monoisotopic (exact) mass is 517 g/mol. The van der Waals surface area contributed by atoms with E-state index in [0.29, 0.717) is 16.5 Å². The quantitative estimate of drug-likeness (QED) is 0.333. The van der Waals surface area contributed by atoms with Gasteiger partial charge in [0, 0.05) is 31.9 Å². The lowest BCUT2D eigenvalue weighted by Crippen LogP contribution is -2.47. The van der Waals surface area contributed by atoms with Gasteiger partial charge in [0.1, 0.15) is 11.5 Å². The van der Waals surface area contributed by atoms with E-state index in [4.69, 9.17) is 13.9 Å². The van der Waals surface area contributed by atoms with Gasteiger partial charge in [0.15, 0.2) is 5.76 Å². The number of fused-ring (bicyclic) bond motifs is 1. The molecule has 4 heterocycles. The fourth-order valence-corrected chi connectivity index (χ4v) is 5.93. The maximum Gasteiger partial charge on any atom is 0.230 e. The van der Waals surface area contributed by atoms with Gasteiger partial charge < -0.3 is 23.9 Å². The average molecular weight is 518 g/mol. The molecule has 1 N–H and O–H groups in total. The number of ether oxygens (including phenoxy) is 2. The van der Waals surface area contributed by atoms with Crippen LogP contribution in [0.4, 0.5) is 5.69 Å². The second-order valence-electron chi connectivity index (χ2n) is 8.80. The van der Waals surface area contributed by atoms with E-state index in [2.05, 4.69) is 38.1 Å². The largest absolute Gasteiger partial charge is 0.497 e. The van der Waals surface area contributed by atoms with E-state index in [-0.39, 0.29) is 11.9 Å². The molecule has 190 valence electrons. The molecule has 1 fully saturated rings. The molecule has 0 saturated carbocycles. The molecule has 0 bridgehead atoms. The summed E-state index contributed by atoms with van der Waals surface area (Å²) in [4.78, 5) is 10.8. The zero-order valence-corrected chi connectivity index (χ0v) is 21.4. The Balaban J connectivity index is 1.32. The van der Waals surface area contributed by atoms with Crippen LogP contribution >= 0.6 is 11.3 Å². The van der Waals surface area contributed by atoms with Gasteiger partial charge in [-0.25, -0.2) is 0 Å². The van der Waals surface area contributed by atoms with Crippen LogP contribution in [0.2, 0.25) is 0 Å². The van der Waals surface area contributed by atoms with Crippen LogP contribution in [-0.2, 0) is 0 Å². The Morgan fingerprint density at radius 3 is 2.41 bits per heavy atom. The third-order valence-electron chi connectivity index (χ3n) is 6.72. The van der Waals surface area contributed by atoms with Crippen molar-refractivity contribution < 1.29 is 19.0 Å². The zero-order valence-electron chi connectivity index (χ0n) is 20.6. The lowest BCUT2D eigenvalue weighted by Gasteiger charge is -2.40. The molecule has 0 aliphatic carbocycles. The fraction of sp³-hybridized carbons (Fsp3) is 0.259. The molecule has 37 heavy (non-hydrogen) atoms. The molecule has 1 atom stereocenters. The number of nitrogens with zero attached hydrogens (tertiary/aromatic N) is 5. The van der Waals surface area contributed by atoms with Gasteiger partial charge in [-0.05, 0) is 54.1 Å². The summed E-state index contributed by atoms with van der Waals surface area (Å²) in [7, 11) is 3.34. The van der Waals surface area contributed by atoms with Crippen molar-refractivity contribution in [1.82, 2.24) is 19.5 Å². The first-order chi connectivity index (χ1) is 18.1. The summed E-state index contributed by atoms with van der Waals surface area (Å²) in [6.45, 7) is 3.35. The number of methoxy groups -OCH3 is 2. The lowest BCUT2D eigenvalue weighted by molar-refractivity contribution is 0.211. The van der Waals surface area contributed by atoms with Crippen molar-refractivity contribution in [2.45, 2.75) is 6.04 Å². The summed E-state index contributed by atoms with van der Waals surface area (Å²) in [6.07, 6.45) is 1.58. The average Bonchev–Trinajstić information content (AvgIpc) is 3.69. The van der Waals surface area contributed by atoms with Crippen molar-refractivity contribution in [3.05, 3.63) is 77.4 Å². The van der Waals surface area contributed by atoms with Gasteiger partial charge in [0.05, 0.1) is 31.4 Å². The standard InChI is InChI=1S/C27H27N5O4S/c1-34-20-10-8-19(9-11-20)30-12-14-31(15-13-30)23(18-5-3-6-21(17-18)35-2)24-26(33)32-27(37-24)28-25(29-32)22-7-4-16-36-22/h3-11,16-17,23,33H,12-15H2,1-2H3. The van der Waals surface area contributed by atoms with Crippen LogP contribution in [-0.4, -0.2) is 65.0 Å². The minimum Gasteiger partial charge on any atom is -0.497 e. The molecule has 0 spiro atoms. The summed E-state index contributed by atoms with van der Waals surface area (Å²) in [6, 6.07) is 19.6. The van der Waals surface area contributed by atoms with Gasteiger partial charge in [0.2, 0.25) is 16.7 Å². The summed E-state index contributed by atoms with van der Waals surface area (Å²) in [5, 5.41) is 15.8. The first-order valence-corrected chi connectivity index (χ1v) is 12.9. The highest BCUT2D eigenvalue weighted by Gasteiger charge is 2.32. The SMILES string of the molecule is COc1ccc(N2CCN(C(c3cccc(OC)c3)c3sc4nc(-c5ccco5)nn4c3O)CC2)cc1. The maximum absolute atomic E-state index is 11.3. The highest BCUT2D eigenvalue weighted by atomic mass is 32.1. The van der Waals surface area contributed by atoms with E-state index in [1.807, 2.05) is 30.3 Å². The molecule has 0 radical (unpaired) electrons. The van der Waals surface area contributed by atoms with E-state index < -0.39 is 0 Å². The molecule has 1 saturated heterocycles. The van der Waals surface area contributed by atoms with E-state index in [1.165, 1.54) is 21.5 Å². The highest BCUT2D eigenvalue weighted by Crippen LogP contribution is 2.41. The number of hydrogen-bond donors (Lipinski definition) is 1. The molecule has 6 rings (SSSR count). The van der Waals surface area contributed by atoms with E-state index >= 15 is 0 Å². The summed E-state index contributed by atoms with van der Waals surface area (Å²) >= 11 is 1.44. The van der Waals surface area contributed by atoms with E-state index in [9.17, 15) is 5.11 Å². The van der Waals surface area contributed by atoms with Crippen LogP contribution in [0.3, 0.4) is 0 Å². The molecule has 5 aromatic rings. The van der Waals surface area contributed by atoms with Crippen molar-refractivity contribution in [3.63, 3.8) is 0 Å². The van der Waals surface area contributed by atoms with Gasteiger partial charge in [-0.3, -0.25) is 4.90 Å². The number of furan rings is 1. The normalized spacial score (nSPS) is 15.2. The molecular formula is C27H27N5O4S. The first-order valence-electron chi connectivity index (χ1n) is 12.0. The Hall–Kier alpha value is -4.02. The van der Waals surface area contributed by atoms with Crippen molar-refractivity contribution in [2.75, 3.05) is 45.3 Å². The molecule has 1 unspecified atom stereocenters. The fourth-order valence-electron chi connectivity index (χ4n) is 4.81. The number of rotatable bonds is 7. The van der Waals surface area contributed by atoms with Crippen molar-refractivity contribution in [1.29, 1.82) is 0 Å². The number of anilines is 1. The van der Waals surface area contributed by atoms with E-state index in [0.717, 1.165) is 48.1 Å². The first kappa shape index (κ1) is 23.4. The molecule has 0 amide bonds. The number of piperazine rings is 1. The molecule has 2 aromatic carbocycles. The Kier molecular flexibility index (Phi) is 6.19. The number of aromatic nitrogens is 3. The van der Waals surface area contributed by atoms with Gasteiger partial charge in [-0.15, -0.1) is 5.10 Å². The third kappa shape index (κ3) is 4.38. The third-order valence-corrected chi connectivity index (χ3v) is 7.79. The number of hydrogen-bond acceptors (Lipinski definition) is 9. The Morgan fingerprint density at radius 1 is 0.946 bits per heavy atom. The summed E-state index contributed by atoms with van der Waals surface area (Å²) in [5.41, 5.74) is 2.22. The number of thiazole rings is 1. The minimum absolute atomic E-state index is 0.0933. The van der Waals surface area contributed by atoms with Crippen molar-refractivity contribution in [2.24, 2.45) is 0 Å². The molecular weight excluding hydrogens is 490 g/mol. The Morgan fingerprint density at radius 2 is 1.73 bits per heavy atom. The highest BCUT2D eigenvalue weighted by molar-refractivity contribution is 7.17. The zero-order chi connectivity index (χ0) is 25.4. The smallest absolute Gasteiger partial charge is 0.230 e. The molecule has 1 aliphatic heterocycles. The predicted molar refractivity (Wildman–Crippen MR) is 142 cm³/mol. The van der Waals surface area contributed by atoms with Crippen LogP contribution in [0.5, 0.6) is 17.4 Å². The lowest BCUT2D eigenvalue weighted by atomic mass is 10.0. The van der Waals surface area contributed by atoms with Crippen LogP contribution in [0, 0.1) is 0 Å². The van der Waals surface area contributed by atoms with Crippen LogP contribution in [0.25, 0.3) is 16.5 Å². The molecule has 10 heteroatoms. The number of benzene rings is 2. The predicted octanol–water partition coefficient (Wildman–Crippen LogP) is 4.69. The van der Waals surface area contributed by atoms with E-state index in [1.54, 1.807) is 32.6 Å². The second-order valence-corrected chi connectivity index (χ2v) is 9.81. The van der Waals surface area contributed by atoms with Gasteiger partial charge in [0.25, 0.3) is 0 Å². The van der Waals surface area contributed by atoms with Crippen molar-refractivity contribution >= 4 is 22.0 Å². The Labute approximate surface area is 218 Å². The Bertz CT molecular complexity index is 1490. The second kappa shape index (κ2) is 9.79. The topological polar surface area (TPSA) is 88.5 Å². The summed E-state index contributed by atoms with van der Waals surface area (Å²) < 4.78 is 17.8. The maximum atomic E-state index is 11.3. The van der Waals surface area contributed by atoms with Gasteiger partial charge >= 0.3 is 0 Å².